The van der Waals surface area contributed by atoms with Crippen molar-refractivity contribution in [2.45, 2.75) is 13.5 Å². The van der Waals surface area contributed by atoms with E-state index in [0.29, 0.717) is 6.54 Å². The van der Waals surface area contributed by atoms with Gasteiger partial charge in [0.2, 0.25) is 0 Å². The van der Waals surface area contributed by atoms with Crippen LogP contribution in [0.1, 0.15) is 16.1 Å². The van der Waals surface area contributed by atoms with Gasteiger partial charge in [0.05, 0.1) is 18.6 Å². The number of imidazole rings is 1. The number of nitrogens with zero attached hydrogens (tertiary/aromatic N) is 2. The number of carbonyl (C=O) groups excluding carboxylic acids is 1. The number of aryl methyl sites for hydroxylation is 1. The highest BCUT2D eigenvalue weighted by Gasteiger charge is 2.06. The van der Waals surface area contributed by atoms with Crippen LogP contribution in [0.2, 0.25) is 0 Å². The molecule has 0 aliphatic heterocycles. The molecule has 0 fully saturated rings. The summed E-state index contributed by atoms with van der Waals surface area (Å²) in [6.07, 6.45) is 3.55. The number of rotatable bonds is 3. The Labute approximate surface area is 108 Å². The molecule has 1 aromatic carbocycles. The number of benzene rings is 1. The fourth-order valence-corrected chi connectivity index (χ4v) is 1.81. The van der Waals surface area contributed by atoms with Gasteiger partial charge < -0.3 is 4.57 Å². The van der Waals surface area contributed by atoms with Crippen molar-refractivity contribution >= 4 is 28.4 Å². The van der Waals surface area contributed by atoms with Crippen LogP contribution in [-0.4, -0.2) is 15.3 Å². The maximum atomic E-state index is 11.9. The Kier molecular flexibility index (Phi) is 3.38. The molecule has 0 saturated carbocycles. The van der Waals surface area contributed by atoms with E-state index < -0.39 is 0 Å². The Morgan fingerprint density at radius 2 is 2.06 bits per heavy atom. The fraction of sp³-hybridized carbons (Fsp3) is 0.167. The molecule has 0 N–H and O–H groups in total. The summed E-state index contributed by atoms with van der Waals surface area (Å²) in [6, 6.07) is 7.59. The van der Waals surface area contributed by atoms with Crippen LogP contribution in [0.15, 0.2) is 36.8 Å². The van der Waals surface area contributed by atoms with E-state index in [9.17, 15) is 4.79 Å². The third-order valence-corrected chi connectivity index (χ3v) is 2.97. The average Bonchev–Trinajstić information content (AvgIpc) is 2.65. The first-order valence-corrected chi connectivity index (χ1v) is 6.00. The summed E-state index contributed by atoms with van der Waals surface area (Å²) in [5.74, 6) is 0.105. The maximum Gasteiger partial charge on any atom is 0.182 e. The highest BCUT2D eigenvalue weighted by Crippen LogP contribution is 2.08. The molecule has 2 aromatic rings. The molecule has 0 amide bonds. The lowest BCUT2D eigenvalue weighted by molar-refractivity contribution is 0.0972. The van der Waals surface area contributed by atoms with E-state index >= 15 is 0 Å². The minimum Gasteiger partial charge on any atom is -0.329 e. The molecule has 3 nitrogen and oxygen atoms in total. The van der Waals surface area contributed by atoms with Crippen molar-refractivity contribution in [2.24, 2.45) is 0 Å². The van der Waals surface area contributed by atoms with Gasteiger partial charge in [0.15, 0.2) is 5.78 Å². The highest BCUT2D eigenvalue weighted by atomic mass is 127. The third-order valence-electron chi connectivity index (χ3n) is 2.25. The molecular weight excluding hydrogens is 315 g/mol. The standard InChI is InChI=1S/C12H11IN2O/c1-9-6-15(8-14-9)7-12(16)10-2-4-11(13)5-3-10/h2-6,8H,7H2,1H3. The van der Waals surface area contributed by atoms with E-state index in [1.54, 1.807) is 10.9 Å². The van der Waals surface area contributed by atoms with Crippen LogP contribution in [-0.2, 0) is 6.54 Å². The van der Waals surface area contributed by atoms with Crippen molar-refractivity contribution in [3.05, 3.63) is 51.6 Å². The number of ketones is 1. The van der Waals surface area contributed by atoms with Gasteiger partial charge >= 0.3 is 0 Å². The van der Waals surface area contributed by atoms with E-state index in [1.807, 2.05) is 37.4 Å². The van der Waals surface area contributed by atoms with Gasteiger partial charge in [-0.3, -0.25) is 4.79 Å². The number of carbonyl (C=O) groups is 1. The number of halogens is 1. The van der Waals surface area contributed by atoms with Crippen molar-refractivity contribution < 1.29 is 4.79 Å². The Morgan fingerprint density at radius 1 is 1.38 bits per heavy atom. The van der Waals surface area contributed by atoms with Gasteiger partial charge in [-0.1, -0.05) is 12.1 Å². The lowest BCUT2D eigenvalue weighted by Gasteiger charge is -2.01. The first-order valence-electron chi connectivity index (χ1n) is 4.92. The van der Waals surface area contributed by atoms with Crippen LogP contribution in [0.4, 0.5) is 0 Å². The molecule has 16 heavy (non-hydrogen) atoms. The Morgan fingerprint density at radius 3 is 2.62 bits per heavy atom. The summed E-state index contributed by atoms with van der Waals surface area (Å²) in [7, 11) is 0. The predicted octanol–water partition coefficient (Wildman–Crippen LogP) is 2.68. The molecule has 0 radical (unpaired) electrons. The fourth-order valence-electron chi connectivity index (χ4n) is 1.45. The van der Waals surface area contributed by atoms with Crippen LogP contribution >= 0.6 is 22.6 Å². The second kappa shape index (κ2) is 4.78. The summed E-state index contributed by atoms with van der Waals surface area (Å²) in [5, 5.41) is 0. The second-order valence-electron chi connectivity index (χ2n) is 3.62. The van der Waals surface area contributed by atoms with Gasteiger partial charge in [0.1, 0.15) is 0 Å². The summed E-state index contributed by atoms with van der Waals surface area (Å²) in [6.45, 7) is 2.26. The molecule has 0 unspecified atom stereocenters. The Balaban J connectivity index is 2.11. The molecule has 0 spiro atoms. The Bertz CT molecular complexity index is 502. The first kappa shape index (κ1) is 11.3. The van der Waals surface area contributed by atoms with Gasteiger partial charge in [-0.15, -0.1) is 0 Å². The SMILES string of the molecule is Cc1cn(CC(=O)c2ccc(I)cc2)cn1. The molecular formula is C12H11IN2O. The lowest BCUT2D eigenvalue weighted by Crippen LogP contribution is -2.08. The van der Waals surface area contributed by atoms with Gasteiger partial charge in [-0.05, 0) is 41.6 Å². The molecule has 0 bridgehead atoms. The van der Waals surface area contributed by atoms with Crippen LogP contribution in [0.5, 0.6) is 0 Å². The number of Topliss-reactive ketones (excluding diaryl/α,β-unsaturated/α-hetero) is 1. The van der Waals surface area contributed by atoms with Gasteiger partial charge in [0.25, 0.3) is 0 Å². The van der Waals surface area contributed by atoms with Crippen molar-refractivity contribution in [1.82, 2.24) is 9.55 Å². The molecule has 1 heterocycles. The van der Waals surface area contributed by atoms with Crippen LogP contribution in [0.25, 0.3) is 0 Å². The van der Waals surface area contributed by atoms with Gasteiger partial charge in [-0.25, -0.2) is 4.98 Å². The second-order valence-corrected chi connectivity index (χ2v) is 4.86. The summed E-state index contributed by atoms with van der Waals surface area (Å²) < 4.78 is 2.93. The molecule has 82 valence electrons. The molecule has 0 atom stereocenters. The third kappa shape index (κ3) is 2.69. The van der Waals surface area contributed by atoms with Gasteiger partial charge in [-0.2, -0.15) is 0 Å². The van der Waals surface area contributed by atoms with Gasteiger partial charge in [0, 0.05) is 15.3 Å². The highest BCUT2D eigenvalue weighted by molar-refractivity contribution is 14.1. The number of aromatic nitrogens is 2. The Hall–Kier alpha value is -1.17. The number of hydrogen-bond donors (Lipinski definition) is 0. The predicted molar refractivity (Wildman–Crippen MR) is 70.5 cm³/mol. The maximum absolute atomic E-state index is 11.9. The summed E-state index contributed by atoms with van der Waals surface area (Å²) >= 11 is 2.22. The van der Waals surface area contributed by atoms with E-state index in [1.165, 1.54) is 0 Å². The summed E-state index contributed by atoms with van der Waals surface area (Å²) in [5.41, 5.74) is 1.67. The van der Waals surface area contributed by atoms with E-state index in [2.05, 4.69) is 27.6 Å². The van der Waals surface area contributed by atoms with Crippen molar-refractivity contribution in [2.75, 3.05) is 0 Å². The summed E-state index contributed by atoms with van der Waals surface area (Å²) in [4.78, 5) is 16.0. The quantitative estimate of drug-likeness (QED) is 0.642. The molecule has 1 aromatic heterocycles. The zero-order chi connectivity index (χ0) is 11.5. The normalized spacial score (nSPS) is 10.4. The number of hydrogen-bond acceptors (Lipinski definition) is 2. The van der Waals surface area contributed by atoms with Crippen LogP contribution < -0.4 is 0 Å². The topological polar surface area (TPSA) is 34.9 Å². The zero-order valence-corrected chi connectivity index (χ0v) is 11.0. The van der Waals surface area contributed by atoms with Crippen molar-refractivity contribution in [3.8, 4) is 0 Å². The lowest BCUT2D eigenvalue weighted by atomic mass is 10.1. The molecule has 2 rings (SSSR count). The van der Waals surface area contributed by atoms with Crippen molar-refractivity contribution in [1.29, 1.82) is 0 Å². The average molecular weight is 326 g/mol. The van der Waals surface area contributed by atoms with Crippen molar-refractivity contribution in [3.63, 3.8) is 0 Å². The molecule has 0 aliphatic rings. The van der Waals surface area contributed by atoms with E-state index in [0.717, 1.165) is 14.8 Å². The van der Waals surface area contributed by atoms with Crippen LogP contribution in [0.3, 0.4) is 0 Å². The zero-order valence-electron chi connectivity index (χ0n) is 8.85. The smallest absolute Gasteiger partial charge is 0.182 e. The molecule has 0 saturated heterocycles. The van der Waals surface area contributed by atoms with E-state index in [4.69, 9.17) is 0 Å². The molecule has 0 aliphatic carbocycles. The molecule has 4 heteroatoms. The van der Waals surface area contributed by atoms with Crippen LogP contribution in [0, 0.1) is 10.5 Å². The first-order chi connectivity index (χ1) is 7.65. The largest absolute Gasteiger partial charge is 0.329 e. The monoisotopic (exact) mass is 326 g/mol. The minimum absolute atomic E-state index is 0.105. The van der Waals surface area contributed by atoms with E-state index in [-0.39, 0.29) is 5.78 Å². The minimum atomic E-state index is 0.105.